The Bertz CT molecular complexity index is 553. The number of carbonyl (C=O) groups excluding carboxylic acids is 1. The SMILES string of the molecule is C[C@@H](C(=O)Nc1nccs1)N1CCC[C@H]1c1ccsc1. The summed E-state index contributed by atoms with van der Waals surface area (Å²) >= 11 is 3.17. The number of nitrogens with zero attached hydrogens (tertiary/aromatic N) is 2. The van der Waals surface area contributed by atoms with Gasteiger partial charge in [-0.05, 0) is 48.7 Å². The van der Waals surface area contributed by atoms with Crippen LogP contribution in [-0.4, -0.2) is 28.4 Å². The van der Waals surface area contributed by atoms with Crippen molar-refractivity contribution in [2.45, 2.75) is 31.8 Å². The van der Waals surface area contributed by atoms with E-state index >= 15 is 0 Å². The first-order valence-corrected chi connectivity index (χ1v) is 8.56. The van der Waals surface area contributed by atoms with Crippen molar-refractivity contribution < 1.29 is 4.79 Å². The van der Waals surface area contributed by atoms with E-state index in [1.165, 1.54) is 16.9 Å². The molecule has 0 unspecified atom stereocenters. The Labute approximate surface area is 126 Å². The Morgan fingerprint density at radius 2 is 2.45 bits per heavy atom. The fourth-order valence-electron chi connectivity index (χ4n) is 2.72. The summed E-state index contributed by atoms with van der Waals surface area (Å²) in [5.41, 5.74) is 1.33. The molecule has 0 spiro atoms. The zero-order chi connectivity index (χ0) is 13.9. The van der Waals surface area contributed by atoms with E-state index in [9.17, 15) is 4.79 Å². The third-order valence-electron chi connectivity index (χ3n) is 3.76. The molecule has 1 N–H and O–H groups in total. The average molecular weight is 307 g/mol. The Hall–Kier alpha value is -1.24. The van der Waals surface area contributed by atoms with Gasteiger partial charge in [0.05, 0.1) is 6.04 Å². The van der Waals surface area contributed by atoms with Gasteiger partial charge in [-0.2, -0.15) is 11.3 Å². The number of thiophene rings is 1. The van der Waals surface area contributed by atoms with Gasteiger partial charge in [0.25, 0.3) is 0 Å². The minimum absolute atomic E-state index is 0.0297. The van der Waals surface area contributed by atoms with Crippen LogP contribution in [0.15, 0.2) is 28.4 Å². The second-order valence-electron chi connectivity index (χ2n) is 4.96. The number of hydrogen-bond donors (Lipinski definition) is 1. The molecule has 2 aromatic rings. The topological polar surface area (TPSA) is 45.2 Å². The number of thiazole rings is 1. The van der Waals surface area contributed by atoms with Gasteiger partial charge in [-0.1, -0.05) is 0 Å². The van der Waals surface area contributed by atoms with E-state index in [0.717, 1.165) is 19.4 Å². The normalized spacial score (nSPS) is 20.9. The van der Waals surface area contributed by atoms with Crippen LogP contribution in [0.4, 0.5) is 5.13 Å². The van der Waals surface area contributed by atoms with E-state index in [0.29, 0.717) is 11.2 Å². The molecule has 0 bridgehead atoms. The standard InChI is InChI=1S/C14H17N3OS2/c1-10(13(18)16-14-15-5-8-20-14)17-6-2-3-12(17)11-4-7-19-9-11/h4-5,7-10,12H,2-3,6H2,1H3,(H,15,16,18)/t10-,12-/m0/s1. The van der Waals surface area contributed by atoms with E-state index in [4.69, 9.17) is 0 Å². The van der Waals surface area contributed by atoms with Gasteiger partial charge in [0.2, 0.25) is 5.91 Å². The second kappa shape index (κ2) is 6.03. The van der Waals surface area contributed by atoms with E-state index < -0.39 is 0 Å². The van der Waals surface area contributed by atoms with Crippen molar-refractivity contribution in [3.8, 4) is 0 Å². The van der Waals surface area contributed by atoms with Crippen LogP contribution in [0.3, 0.4) is 0 Å². The van der Waals surface area contributed by atoms with Crippen molar-refractivity contribution >= 4 is 33.7 Å². The summed E-state index contributed by atoms with van der Waals surface area (Å²) in [6, 6.07) is 2.41. The Kier molecular flexibility index (Phi) is 4.14. The fraction of sp³-hybridized carbons (Fsp3) is 0.429. The molecule has 1 fully saturated rings. The van der Waals surface area contributed by atoms with Crippen molar-refractivity contribution in [1.29, 1.82) is 0 Å². The maximum Gasteiger partial charge on any atom is 0.243 e. The van der Waals surface area contributed by atoms with Gasteiger partial charge in [-0.25, -0.2) is 4.98 Å². The zero-order valence-corrected chi connectivity index (χ0v) is 12.9. The monoisotopic (exact) mass is 307 g/mol. The van der Waals surface area contributed by atoms with Crippen LogP contribution in [0.5, 0.6) is 0 Å². The number of rotatable bonds is 4. The molecule has 0 aliphatic carbocycles. The number of anilines is 1. The van der Waals surface area contributed by atoms with Crippen molar-refractivity contribution in [2.75, 3.05) is 11.9 Å². The first-order chi connectivity index (χ1) is 9.75. The minimum Gasteiger partial charge on any atom is -0.301 e. The predicted octanol–water partition coefficient (Wildman–Crippen LogP) is 3.37. The summed E-state index contributed by atoms with van der Waals surface area (Å²) in [6.45, 7) is 2.96. The molecular formula is C14H17N3OS2. The summed E-state index contributed by atoms with van der Waals surface area (Å²) in [4.78, 5) is 18.7. The first kappa shape index (κ1) is 13.7. The molecule has 0 radical (unpaired) electrons. The number of likely N-dealkylation sites (tertiary alicyclic amines) is 1. The third-order valence-corrected chi connectivity index (χ3v) is 5.15. The van der Waals surface area contributed by atoms with Crippen LogP contribution in [0.25, 0.3) is 0 Å². The lowest BCUT2D eigenvalue weighted by Gasteiger charge is -2.29. The number of amides is 1. The van der Waals surface area contributed by atoms with Crippen molar-refractivity contribution in [1.82, 2.24) is 9.88 Å². The molecule has 0 saturated carbocycles. The molecule has 20 heavy (non-hydrogen) atoms. The Morgan fingerprint density at radius 3 is 3.15 bits per heavy atom. The highest BCUT2D eigenvalue weighted by molar-refractivity contribution is 7.13. The molecule has 0 aromatic carbocycles. The van der Waals surface area contributed by atoms with E-state index in [1.54, 1.807) is 17.5 Å². The highest BCUT2D eigenvalue weighted by Gasteiger charge is 2.33. The van der Waals surface area contributed by atoms with Gasteiger partial charge in [-0.3, -0.25) is 9.69 Å². The van der Waals surface area contributed by atoms with Gasteiger partial charge >= 0.3 is 0 Å². The van der Waals surface area contributed by atoms with E-state index in [-0.39, 0.29) is 11.9 Å². The van der Waals surface area contributed by atoms with E-state index in [2.05, 4.69) is 32.0 Å². The lowest BCUT2D eigenvalue weighted by atomic mass is 10.1. The van der Waals surface area contributed by atoms with Crippen LogP contribution in [-0.2, 0) is 4.79 Å². The van der Waals surface area contributed by atoms with E-state index in [1.807, 2.05) is 12.3 Å². The molecule has 1 aliphatic heterocycles. The predicted molar refractivity (Wildman–Crippen MR) is 83.2 cm³/mol. The Balaban J connectivity index is 1.69. The molecule has 3 rings (SSSR count). The summed E-state index contributed by atoms with van der Waals surface area (Å²) in [5.74, 6) is 0.0297. The lowest BCUT2D eigenvalue weighted by Crippen LogP contribution is -2.41. The molecule has 4 nitrogen and oxygen atoms in total. The Morgan fingerprint density at radius 1 is 1.55 bits per heavy atom. The molecule has 1 amide bonds. The third kappa shape index (κ3) is 2.77. The van der Waals surface area contributed by atoms with Crippen LogP contribution in [0, 0.1) is 0 Å². The number of nitrogens with one attached hydrogen (secondary N) is 1. The highest BCUT2D eigenvalue weighted by Crippen LogP contribution is 2.34. The van der Waals surface area contributed by atoms with Gasteiger partial charge in [-0.15, -0.1) is 11.3 Å². The number of aromatic nitrogens is 1. The molecule has 1 aliphatic rings. The molecule has 6 heteroatoms. The van der Waals surface area contributed by atoms with Crippen LogP contribution < -0.4 is 5.32 Å². The smallest absolute Gasteiger partial charge is 0.243 e. The maximum absolute atomic E-state index is 12.3. The minimum atomic E-state index is -0.133. The van der Waals surface area contributed by atoms with Crippen molar-refractivity contribution in [3.05, 3.63) is 34.0 Å². The fourth-order valence-corrected chi connectivity index (χ4v) is 3.96. The quantitative estimate of drug-likeness (QED) is 0.942. The maximum atomic E-state index is 12.3. The molecular weight excluding hydrogens is 290 g/mol. The van der Waals surface area contributed by atoms with Crippen molar-refractivity contribution in [3.63, 3.8) is 0 Å². The summed E-state index contributed by atoms with van der Waals surface area (Å²) < 4.78 is 0. The van der Waals surface area contributed by atoms with Gasteiger partial charge < -0.3 is 5.32 Å². The number of carbonyl (C=O) groups is 1. The first-order valence-electron chi connectivity index (χ1n) is 6.74. The second-order valence-corrected chi connectivity index (χ2v) is 6.63. The van der Waals surface area contributed by atoms with Gasteiger partial charge in [0, 0.05) is 17.6 Å². The lowest BCUT2D eigenvalue weighted by molar-refractivity contribution is -0.121. The molecule has 1 saturated heterocycles. The van der Waals surface area contributed by atoms with Crippen LogP contribution in [0.2, 0.25) is 0 Å². The highest BCUT2D eigenvalue weighted by atomic mass is 32.1. The summed E-state index contributed by atoms with van der Waals surface area (Å²) in [5, 5.41) is 9.73. The van der Waals surface area contributed by atoms with Crippen LogP contribution >= 0.6 is 22.7 Å². The van der Waals surface area contributed by atoms with Gasteiger partial charge in [0.1, 0.15) is 0 Å². The largest absolute Gasteiger partial charge is 0.301 e. The van der Waals surface area contributed by atoms with Gasteiger partial charge in [0.15, 0.2) is 5.13 Å². The van der Waals surface area contributed by atoms with Crippen molar-refractivity contribution in [2.24, 2.45) is 0 Å². The summed E-state index contributed by atoms with van der Waals surface area (Å²) in [6.07, 6.45) is 3.98. The molecule has 106 valence electrons. The molecule has 2 atom stereocenters. The van der Waals surface area contributed by atoms with Crippen LogP contribution in [0.1, 0.15) is 31.4 Å². The summed E-state index contributed by atoms with van der Waals surface area (Å²) in [7, 11) is 0. The average Bonchev–Trinajstić information content (AvgIpc) is 3.18. The molecule has 3 heterocycles. The zero-order valence-electron chi connectivity index (χ0n) is 11.3. The molecule has 2 aromatic heterocycles. The number of hydrogen-bond acceptors (Lipinski definition) is 5.